The molecule has 1 aromatic carbocycles. The van der Waals surface area contributed by atoms with Gasteiger partial charge in [0, 0.05) is 12.5 Å². The number of carboxylic acid groups (broad SMARTS) is 1. The first-order valence-corrected chi connectivity index (χ1v) is 8.16. The van der Waals surface area contributed by atoms with Crippen molar-refractivity contribution in [1.82, 2.24) is 5.32 Å². The molecule has 3 rings (SSSR count). The summed E-state index contributed by atoms with van der Waals surface area (Å²) in [5.41, 5.74) is 0.554. The van der Waals surface area contributed by atoms with E-state index < -0.39 is 17.5 Å². The van der Waals surface area contributed by atoms with Crippen LogP contribution in [0, 0.1) is 5.92 Å². The second kappa shape index (κ2) is 6.61. The standard InChI is InChI=1S/C19H21NO4/c1-2-24-18(23)19(17(21)22)11-16-14(12-20-19)9-6-10-15(16)13-7-4-3-5-8-13/h3-10,15-16,20H,2,11-12H2,1H3,(H,21,22). The topological polar surface area (TPSA) is 75.6 Å². The van der Waals surface area contributed by atoms with E-state index in [0.29, 0.717) is 6.54 Å². The molecule has 1 saturated heterocycles. The molecule has 1 heterocycles. The van der Waals surface area contributed by atoms with Crippen LogP contribution in [0.3, 0.4) is 0 Å². The molecule has 0 radical (unpaired) electrons. The third kappa shape index (κ3) is 2.76. The Hall–Kier alpha value is -2.40. The molecule has 0 bridgehead atoms. The molecule has 3 unspecified atom stereocenters. The molecule has 1 aliphatic heterocycles. The minimum atomic E-state index is -1.68. The van der Waals surface area contributed by atoms with Crippen LogP contribution in [0.1, 0.15) is 24.8 Å². The number of carbonyl (C=O) groups is 2. The highest BCUT2D eigenvalue weighted by Crippen LogP contribution is 2.42. The normalized spacial score (nSPS) is 28.6. The number of rotatable bonds is 4. The Kier molecular flexibility index (Phi) is 4.53. The monoisotopic (exact) mass is 327 g/mol. The molecular weight excluding hydrogens is 306 g/mol. The first-order chi connectivity index (χ1) is 11.6. The van der Waals surface area contributed by atoms with Crippen molar-refractivity contribution in [2.24, 2.45) is 5.92 Å². The summed E-state index contributed by atoms with van der Waals surface area (Å²) in [5.74, 6) is -1.88. The third-order valence-electron chi connectivity index (χ3n) is 4.83. The maximum Gasteiger partial charge on any atom is 0.338 e. The lowest BCUT2D eigenvalue weighted by molar-refractivity contribution is -0.164. The van der Waals surface area contributed by atoms with Gasteiger partial charge in [-0.2, -0.15) is 0 Å². The van der Waals surface area contributed by atoms with Gasteiger partial charge in [-0.05, 0) is 24.8 Å². The van der Waals surface area contributed by atoms with E-state index in [-0.39, 0.29) is 24.9 Å². The van der Waals surface area contributed by atoms with Gasteiger partial charge in [-0.15, -0.1) is 0 Å². The number of fused-ring (bicyclic) bond motifs is 1. The Morgan fingerprint density at radius 2 is 2.08 bits per heavy atom. The van der Waals surface area contributed by atoms with Gasteiger partial charge in [0.25, 0.3) is 0 Å². The molecule has 0 aromatic heterocycles. The van der Waals surface area contributed by atoms with E-state index >= 15 is 0 Å². The Morgan fingerprint density at radius 1 is 1.33 bits per heavy atom. The number of carboxylic acids is 1. The molecular formula is C19H21NO4. The highest BCUT2D eigenvalue weighted by atomic mass is 16.5. The van der Waals surface area contributed by atoms with Crippen LogP contribution in [0.15, 0.2) is 54.1 Å². The molecule has 1 aliphatic carbocycles. The minimum absolute atomic E-state index is 0.0424. The fraction of sp³-hybridized carbons (Fsp3) is 0.368. The molecule has 0 amide bonds. The van der Waals surface area contributed by atoms with Crippen LogP contribution in [0.5, 0.6) is 0 Å². The number of hydrogen-bond acceptors (Lipinski definition) is 4. The van der Waals surface area contributed by atoms with Gasteiger partial charge in [0.2, 0.25) is 5.54 Å². The lowest BCUT2D eigenvalue weighted by Gasteiger charge is -2.42. The van der Waals surface area contributed by atoms with E-state index in [2.05, 4.69) is 11.4 Å². The Bertz CT molecular complexity index is 695. The molecule has 5 nitrogen and oxygen atoms in total. The molecule has 3 atom stereocenters. The van der Waals surface area contributed by atoms with Crippen LogP contribution in [-0.2, 0) is 14.3 Å². The van der Waals surface area contributed by atoms with Gasteiger partial charge in [-0.1, -0.05) is 54.1 Å². The summed E-state index contributed by atoms with van der Waals surface area (Å²) in [6, 6.07) is 9.96. The van der Waals surface area contributed by atoms with Crippen molar-refractivity contribution in [3.05, 3.63) is 59.7 Å². The highest BCUT2D eigenvalue weighted by Gasteiger charge is 2.53. The number of allylic oxidation sites excluding steroid dienone is 3. The fourth-order valence-electron chi connectivity index (χ4n) is 3.57. The molecule has 1 fully saturated rings. The lowest BCUT2D eigenvalue weighted by Crippen LogP contribution is -2.63. The second-order valence-corrected chi connectivity index (χ2v) is 6.16. The maximum absolute atomic E-state index is 12.4. The first kappa shape index (κ1) is 16.5. The number of hydrogen-bond donors (Lipinski definition) is 2. The molecule has 1 aromatic rings. The van der Waals surface area contributed by atoms with Gasteiger partial charge in [-0.3, -0.25) is 5.32 Å². The molecule has 2 N–H and O–H groups in total. The predicted octanol–water partition coefficient (Wildman–Crippen LogP) is 2.26. The van der Waals surface area contributed by atoms with E-state index in [1.54, 1.807) is 6.92 Å². The third-order valence-corrected chi connectivity index (χ3v) is 4.83. The van der Waals surface area contributed by atoms with E-state index in [1.165, 1.54) is 0 Å². The molecule has 126 valence electrons. The zero-order valence-corrected chi connectivity index (χ0v) is 13.6. The van der Waals surface area contributed by atoms with Gasteiger partial charge < -0.3 is 9.84 Å². The summed E-state index contributed by atoms with van der Waals surface area (Å²) in [5, 5.41) is 12.6. The number of esters is 1. The van der Waals surface area contributed by atoms with Crippen LogP contribution >= 0.6 is 0 Å². The maximum atomic E-state index is 12.4. The molecule has 0 spiro atoms. The largest absolute Gasteiger partial charge is 0.479 e. The summed E-state index contributed by atoms with van der Waals surface area (Å²) in [4.78, 5) is 24.3. The number of benzene rings is 1. The van der Waals surface area contributed by atoms with E-state index in [1.807, 2.05) is 42.5 Å². The summed E-state index contributed by atoms with van der Waals surface area (Å²) in [6.07, 6.45) is 6.26. The van der Waals surface area contributed by atoms with Crippen LogP contribution in [0.25, 0.3) is 0 Å². The van der Waals surface area contributed by atoms with Gasteiger partial charge in [0.15, 0.2) is 0 Å². The highest BCUT2D eigenvalue weighted by molar-refractivity contribution is 6.04. The Morgan fingerprint density at radius 3 is 2.75 bits per heavy atom. The fourth-order valence-corrected chi connectivity index (χ4v) is 3.57. The quantitative estimate of drug-likeness (QED) is 0.655. The van der Waals surface area contributed by atoms with Crippen molar-refractivity contribution >= 4 is 11.9 Å². The summed E-state index contributed by atoms with van der Waals surface area (Å²) < 4.78 is 5.05. The lowest BCUT2D eigenvalue weighted by atomic mass is 9.69. The Balaban J connectivity index is 1.95. The number of ether oxygens (including phenoxy) is 1. The predicted molar refractivity (Wildman–Crippen MR) is 89.5 cm³/mol. The van der Waals surface area contributed by atoms with E-state index in [9.17, 15) is 14.7 Å². The number of nitrogens with one attached hydrogen (secondary N) is 1. The van der Waals surface area contributed by atoms with Crippen molar-refractivity contribution < 1.29 is 19.4 Å². The zero-order valence-electron chi connectivity index (χ0n) is 13.6. The molecule has 24 heavy (non-hydrogen) atoms. The zero-order chi connectivity index (χ0) is 17.2. The van der Waals surface area contributed by atoms with Gasteiger partial charge in [0.1, 0.15) is 0 Å². The SMILES string of the molecule is CCOC(=O)C1(C(=O)O)CC2C(=CC=CC2c2ccccc2)CN1. The Labute approximate surface area is 141 Å². The van der Waals surface area contributed by atoms with Crippen molar-refractivity contribution in [2.45, 2.75) is 24.8 Å². The molecule has 0 saturated carbocycles. The van der Waals surface area contributed by atoms with Crippen molar-refractivity contribution in [3.63, 3.8) is 0 Å². The van der Waals surface area contributed by atoms with Crippen molar-refractivity contribution in [3.8, 4) is 0 Å². The average Bonchev–Trinajstić information content (AvgIpc) is 2.61. The molecule has 5 heteroatoms. The number of aliphatic carboxylic acids is 1. The van der Waals surface area contributed by atoms with Crippen molar-refractivity contribution in [1.29, 1.82) is 0 Å². The summed E-state index contributed by atoms with van der Waals surface area (Å²) in [7, 11) is 0. The number of carbonyl (C=O) groups excluding carboxylic acids is 1. The van der Waals surface area contributed by atoms with Crippen LogP contribution in [0.4, 0.5) is 0 Å². The summed E-state index contributed by atoms with van der Waals surface area (Å²) >= 11 is 0. The van der Waals surface area contributed by atoms with E-state index in [4.69, 9.17) is 4.74 Å². The summed E-state index contributed by atoms with van der Waals surface area (Å²) in [6.45, 7) is 2.20. The number of piperidine rings is 1. The van der Waals surface area contributed by atoms with E-state index in [0.717, 1.165) is 11.1 Å². The van der Waals surface area contributed by atoms with Crippen LogP contribution in [-0.4, -0.2) is 35.7 Å². The minimum Gasteiger partial charge on any atom is -0.479 e. The van der Waals surface area contributed by atoms with Crippen LogP contribution in [0.2, 0.25) is 0 Å². The van der Waals surface area contributed by atoms with Gasteiger partial charge >= 0.3 is 11.9 Å². The average molecular weight is 327 g/mol. The van der Waals surface area contributed by atoms with Crippen molar-refractivity contribution in [2.75, 3.05) is 13.2 Å². The van der Waals surface area contributed by atoms with Gasteiger partial charge in [-0.25, -0.2) is 9.59 Å². The van der Waals surface area contributed by atoms with Gasteiger partial charge in [0.05, 0.1) is 6.61 Å². The molecule has 2 aliphatic rings. The van der Waals surface area contributed by atoms with Crippen LogP contribution < -0.4 is 5.32 Å². The smallest absolute Gasteiger partial charge is 0.338 e. The first-order valence-electron chi connectivity index (χ1n) is 8.16. The second-order valence-electron chi connectivity index (χ2n) is 6.16.